The molecule has 126 valence electrons. The lowest BCUT2D eigenvalue weighted by Crippen LogP contribution is -2.46. The number of nitrogens with one attached hydrogen (secondary N) is 1. The summed E-state index contributed by atoms with van der Waals surface area (Å²) >= 11 is 0. The molecule has 0 bridgehead atoms. The highest BCUT2D eigenvalue weighted by Crippen LogP contribution is 2.30. The highest BCUT2D eigenvalue weighted by molar-refractivity contribution is 5.85. The van der Waals surface area contributed by atoms with Crippen molar-refractivity contribution in [2.24, 2.45) is 0 Å². The Labute approximate surface area is 146 Å². The van der Waals surface area contributed by atoms with E-state index in [1.165, 1.54) is 49.9 Å². The maximum Gasteiger partial charge on any atom is 0.122 e. The summed E-state index contributed by atoms with van der Waals surface area (Å²) in [6.07, 6.45) is 6.12. The molecule has 1 aromatic carbocycles. The predicted octanol–water partition coefficient (Wildman–Crippen LogP) is 3.08. The number of rotatable bonds is 3. The Morgan fingerprint density at radius 3 is 2.50 bits per heavy atom. The third-order valence-electron chi connectivity index (χ3n) is 4.85. The second kappa shape index (κ2) is 8.97. The van der Waals surface area contributed by atoms with Gasteiger partial charge in [0.15, 0.2) is 0 Å². The first kappa shape index (κ1) is 19.6. The van der Waals surface area contributed by atoms with Gasteiger partial charge in [0.25, 0.3) is 0 Å². The average Bonchev–Trinajstić information content (AvgIpc) is 2.49. The van der Waals surface area contributed by atoms with E-state index in [1.54, 1.807) is 7.11 Å². The van der Waals surface area contributed by atoms with Gasteiger partial charge in [-0.1, -0.05) is 12.1 Å². The molecule has 1 aliphatic heterocycles. The standard InChI is InChI=1S/C17H26N2O.2ClH/c1-19-10-8-14(9-11-19)18-15-7-6-13-4-3-5-17(20-2)16(13)12-15;;/h3-5,14-15,18H,6-12H2,1-2H3;2*1H. The van der Waals surface area contributed by atoms with Crippen molar-refractivity contribution in [3.05, 3.63) is 29.3 Å². The van der Waals surface area contributed by atoms with Gasteiger partial charge < -0.3 is 15.0 Å². The molecule has 1 N–H and O–H groups in total. The Hall–Kier alpha value is -0.480. The molecule has 1 aromatic rings. The van der Waals surface area contributed by atoms with Crippen molar-refractivity contribution in [3.63, 3.8) is 0 Å². The zero-order valence-corrected chi connectivity index (χ0v) is 15.1. The molecule has 3 rings (SSSR count). The topological polar surface area (TPSA) is 24.5 Å². The fourth-order valence-electron chi connectivity index (χ4n) is 3.60. The van der Waals surface area contributed by atoms with Gasteiger partial charge in [-0.2, -0.15) is 0 Å². The second-order valence-electron chi connectivity index (χ2n) is 6.28. The number of fused-ring (bicyclic) bond motifs is 1. The van der Waals surface area contributed by atoms with Crippen LogP contribution in [0, 0.1) is 0 Å². The van der Waals surface area contributed by atoms with E-state index in [2.05, 4.69) is 35.5 Å². The molecular formula is C17H28Cl2N2O. The van der Waals surface area contributed by atoms with E-state index < -0.39 is 0 Å². The van der Waals surface area contributed by atoms with Crippen LogP contribution in [0.25, 0.3) is 0 Å². The SMILES string of the molecule is COc1cccc2c1CC(NC1CCN(C)CC1)CC2.Cl.Cl. The largest absolute Gasteiger partial charge is 0.496 e. The molecule has 3 nitrogen and oxygen atoms in total. The van der Waals surface area contributed by atoms with Crippen molar-refractivity contribution in [3.8, 4) is 5.75 Å². The highest BCUT2D eigenvalue weighted by Gasteiger charge is 2.25. The van der Waals surface area contributed by atoms with E-state index in [9.17, 15) is 0 Å². The first-order valence-corrected chi connectivity index (χ1v) is 7.85. The summed E-state index contributed by atoms with van der Waals surface area (Å²) in [4.78, 5) is 2.43. The van der Waals surface area contributed by atoms with Crippen molar-refractivity contribution in [2.75, 3.05) is 27.2 Å². The molecule has 0 aromatic heterocycles. The molecule has 5 heteroatoms. The van der Waals surface area contributed by atoms with Crippen LogP contribution in [0.5, 0.6) is 5.75 Å². The number of nitrogens with zero attached hydrogens (tertiary/aromatic N) is 1. The molecule has 0 amide bonds. The fourth-order valence-corrected chi connectivity index (χ4v) is 3.60. The maximum atomic E-state index is 5.53. The van der Waals surface area contributed by atoms with Gasteiger partial charge >= 0.3 is 0 Å². The predicted molar refractivity (Wildman–Crippen MR) is 97.0 cm³/mol. The minimum absolute atomic E-state index is 0. The molecule has 1 fully saturated rings. The van der Waals surface area contributed by atoms with E-state index in [0.717, 1.165) is 12.2 Å². The zero-order valence-electron chi connectivity index (χ0n) is 13.5. The first-order valence-electron chi connectivity index (χ1n) is 7.85. The molecule has 1 aliphatic carbocycles. The minimum atomic E-state index is 0. The van der Waals surface area contributed by atoms with E-state index in [0.29, 0.717) is 12.1 Å². The van der Waals surface area contributed by atoms with Crippen LogP contribution in [0.3, 0.4) is 0 Å². The third-order valence-corrected chi connectivity index (χ3v) is 4.85. The van der Waals surface area contributed by atoms with Crippen LogP contribution in [0.15, 0.2) is 18.2 Å². The molecule has 0 spiro atoms. The number of benzene rings is 1. The summed E-state index contributed by atoms with van der Waals surface area (Å²) in [5, 5.41) is 3.89. The summed E-state index contributed by atoms with van der Waals surface area (Å²) in [7, 11) is 4.00. The van der Waals surface area contributed by atoms with E-state index in [-0.39, 0.29) is 24.8 Å². The zero-order chi connectivity index (χ0) is 13.9. The van der Waals surface area contributed by atoms with Crippen molar-refractivity contribution in [1.82, 2.24) is 10.2 Å². The molecule has 22 heavy (non-hydrogen) atoms. The van der Waals surface area contributed by atoms with Gasteiger partial charge in [0.1, 0.15) is 5.75 Å². The number of ether oxygens (including phenoxy) is 1. The van der Waals surface area contributed by atoms with Crippen molar-refractivity contribution in [2.45, 2.75) is 44.2 Å². The lowest BCUT2D eigenvalue weighted by Gasteiger charge is -2.34. The first-order chi connectivity index (χ1) is 9.76. The van der Waals surface area contributed by atoms with Gasteiger partial charge in [0.05, 0.1) is 7.11 Å². The van der Waals surface area contributed by atoms with E-state index in [1.807, 2.05) is 0 Å². The fraction of sp³-hybridized carbons (Fsp3) is 0.647. The van der Waals surface area contributed by atoms with Crippen LogP contribution >= 0.6 is 24.8 Å². The van der Waals surface area contributed by atoms with Crippen LogP contribution in [-0.4, -0.2) is 44.2 Å². The Morgan fingerprint density at radius 2 is 1.82 bits per heavy atom. The van der Waals surface area contributed by atoms with Gasteiger partial charge in [-0.05, 0) is 69.4 Å². The average molecular weight is 347 g/mol. The monoisotopic (exact) mass is 346 g/mol. The smallest absolute Gasteiger partial charge is 0.122 e. The number of piperidine rings is 1. The summed E-state index contributed by atoms with van der Waals surface area (Å²) in [6, 6.07) is 7.78. The summed E-state index contributed by atoms with van der Waals surface area (Å²) < 4.78 is 5.53. The molecule has 1 heterocycles. The van der Waals surface area contributed by atoms with Crippen molar-refractivity contribution < 1.29 is 4.74 Å². The molecule has 1 unspecified atom stereocenters. The Morgan fingerprint density at radius 1 is 1.09 bits per heavy atom. The Balaban J connectivity index is 0.00000121. The number of methoxy groups -OCH3 is 1. The van der Waals surface area contributed by atoms with Crippen molar-refractivity contribution >= 4 is 24.8 Å². The van der Waals surface area contributed by atoms with Gasteiger partial charge in [-0.25, -0.2) is 0 Å². The summed E-state index contributed by atoms with van der Waals surface area (Å²) in [5.74, 6) is 1.07. The Bertz CT molecular complexity index is 448. The normalized spacial score (nSPS) is 22.2. The molecular weight excluding hydrogens is 319 g/mol. The third kappa shape index (κ3) is 4.51. The molecule has 1 saturated heterocycles. The number of halogens is 2. The van der Waals surface area contributed by atoms with Crippen LogP contribution in [0.1, 0.15) is 30.4 Å². The van der Waals surface area contributed by atoms with Gasteiger partial charge in [0.2, 0.25) is 0 Å². The second-order valence-corrected chi connectivity index (χ2v) is 6.28. The number of likely N-dealkylation sites (tertiary alicyclic amines) is 1. The number of aryl methyl sites for hydroxylation is 1. The van der Waals surface area contributed by atoms with Crippen LogP contribution < -0.4 is 10.1 Å². The molecule has 0 saturated carbocycles. The quantitative estimate of drug-likeness (QED) is 0.910. The van der Waals surface area contributed by atoms with E-state index in [4.69, 9.17) is 4.74 Å². The minimum Gasteiger partial charge on any atom is -0.496 e. The van der Waals surface area contributed by atoms with Gasteiger partial charge in [-0.3, -0.25) is 0 Å². The van der Waals surface area contributed by atoms with Crippen molar-refractivity contribution in [1.29, 1.82) is 0 Å². The summed E-state index contributed by atoms with van der Waals surface area (Å²) in [5.41, 5.74) is 2.90. The molecule has 1 atom stereocenters. The van der Waals surface area contributed by atoms with Gasteiger partial charge in [-0.15, -0.1) is 24.8 Å². The lowest BCUT2D eigenvalue weighted by molar-refractivity contribution is 0.220. The van der Waals surface area contributed by atoms with Crippen LogP contribution in [0.4, 0.5) is 0 Å². The Kier molecular flexibility index (Phi) is 7.98. The summed E-state index contributed by atoms with van der Waals surface area (Å²) in [6.45, 7) is 2.45. The van der Waals surface area contributed by atoms with Crippen LogP contribution in [0.2, 0.25) is 0 Å². The highest BCUT2D eigenvalue weighted by atomic mass is 35.5. The molecule has 0 radical (unpaired) electrons. The number of hydrogen-bond donors (Lipinski definition) is 1. The van der Waals surface area contributed by atoms with Gasteiger partial charge in [0, 0.05) is 12.1 Å². The number of hydrogen-bond acceptors (Lipinski definition) is 3. The maximum absolute atomic E-state index is 5.53. The van der Waals surface area contributed by atoms with Crippen LogP contribution in [-0.2, 0) is 12.8 Å². The lowest BCUT2D eigenvalue weighted by atomic mass is 9.87. The van der Waals surface area contributed by atoms with E-state index >= 15 is 0 Å². The molecule has 2 aliphatic rings.